The lowest BCUT2D eigenvalue weighted by atomic mass is 10.1. The number of halogens is 1. The van der Waals surface area contributed by atoms with Crippen molar-refractivity contribution in [2.24, 2.45) is 5.73 Å². The number of carbonyl (C=O) groups is 1. The molecule has 0 spiro atoms. The van der Waals surface area contributed by atoms with Gasteiger partial charge in [-0.15, -0.1) is 12.4 Å². The minimum Gasteiger partial charge on any atom is -0.337 e. The van der Waals surface area contributed by atoms with E-state index in [1.54, 1.807) is 23.1 Å². The maximum atomic E-state index is 12.8. The van der Waals surface area contributed by atoms with E-state index < -0.39 is 10.0 Å². The number of nitrogens with zero attached hydrogens (tertiary/aromatic N) is 2. The van der Waals surface area contributed by atoms with Gasteiger partial charge in [-0.2, -0.15) is 4.31 Å². The zero-order valence-electron chi connectivity index (χ0n) is 14.3. The first-order valence-corrected chi connectivity index (χ1v) is 10.1. The van der Waals surface area contributed by atoms with Crippen LogP contribution in [-0.4, -0.2) is 55.8 Å². The molecule has 0 bridgehead atoms. The smallest absolute Gasteiger partial charge is 0.253 e. The average Bonchev–Trinajstić information content (AvgIpc) is 2.62. The summed E-state index contributed by atoms with van der Waals surface area (Å²) in [6.45, 7) is 2.32. The van der Waals surface area contributed by atoms with Gasteiger partial charge in [-0.1, -0.05) is 12.5 Å². The molecule has 2 heterocycles. The summed E-state index contributed by atoms with van der Waals surface area (Å²) in [5.74, 6) is -0.138. The fraction of sp³-hybridized carbons (Fsp3) is 0.588. The summed E-state index contributed by atoms with van der Waals surface area (Å²) in [6.07, 6.45) is 4.67. The molecule has 2 aliphatic rings. The Labute approximate surface area is 155 Å². The number of nitrogens with two attached hydrogens (primary N) is 1. The molecule has 1 unspecified atom stereocenters. The number of likely N-dealkylation sites (tertiary alicyclic amines) is 1. The van der Waals surface area contributed by atoms with E-state index in [4.69, 9.17) is 5.73 Å². The molecule has 0 aromatic heterocycles. The first kappa shape index (κ1) is 20.2. The van der Waals surface area contributed by atoms with Gasteiger partial charge in [-0.3, -0.25) is 4.79 Å². The molecule has 3 rings (SSSR count). The fourth-order valence-corrected chi connectivity index (χ4v) is 4.98. The number of sulfonamides is 1. The van der Waals surface area contributed by atoms with Crippen LogP contribution in [-0.2, 0) is 10.0 Å². The van der Waals surface area contributed by atoms with Crippen LogP contribution < -0.4 is 5.73 Å². The number of carbonyl (C=O) groups excluding carboxylic acids is 1. The molecule has 2 N–H and O–H groups in total. The molecule has 140 valence electrons. The predicted octanol–water partition coefficient (Wildman–Crippen LogP) is 1.85. The highest BCUT2D eigenvalue weighted by molar-refractivity contribution is 7.89. The highest BCUT2D eigenvalue weighted by Crippen LogP contribution is 2.22. The lowest BCUT2D eigenvalue weighted by Crippen LogP contribution is -2.45. The SMILES string of the molecule is Cl.NC1CCCN(C(=O)c2cccc(S(=O)(=O)N3CCCCC3)c2)C1. The molecular weight excluding hydrogens is 362 g/mol. The molecular formula is C17H26ClN3O3S. The minimum atomic E-state index is -3.52. The van der Waals surface area contributed by atoms with Gasteiger partial charge in [0.2, 0.25) is 10.0 Å². The second kappa shape index (κ2) is 8.49. The Morgan fingerprint density at radius 1 is 1.08 bits per heavy atom. The third kappa shape index (κ3) is 4.53. The number of hydrogen-bond donors (Lipinski definition) is 1. The summed E-state index contributed by atoms with van der Waals surface area (Å²) in [4.78, 5) is 14.6. The second-order valence-corrected chi connectivity index (χ2v) is 8.58. The van der Waals surface area contributed by atoms with Gasteiger partial charge in [-0.25, -0.2) is 8.42 Å². The molecule has 1 aromatic rings. The van der Waals surface area contributed by atoms with Gasteiger partial charge >= 0.3 is 0 Å². The lowest BCUT2D eigenvalue weighted by molar-refractivity contribution is 0.0708. The van der Waals surface area contributed by atoms with E-state index in [0.29, 0.717) is 31.7 Å². The average molecular weight is 388 g/mol. The van der Waals surface area contributed by atoms with Crippen LogP contribution in [0.4, 0.5) is 0 Å². The monoisotopic (exact) mass is 387 g/mol. The van der Waals surface area contributed by atoms with E-state index in [2.05, 4.69) is 0 Å². The highest BCUT2D eigenvalue weighted by Gasteiger charge is 2.28. The van der Waals surface area contributed by atoms with E-state index in [9.17, 15) is 13.2 Å². The Morgan fingerprint density at radius 2 is 1.80 bits per heavy atom. The molecule has 2 saturated heterocycles. The third-order valence-electron chi connectivity index (χ3n) is 4.78. The van der Waals surface area contributed by atoms with Crippen LogP contribution in [0, 0.1) is 0 Å². The number of benzene rings is 1. The van der Waals surface area contributed by atoms with E-state index >= 15 is 0 Å². The number of amides is 1. The molecule has 0 aliphatic carbocycles. The molecule has 0 saturated carbocycles. The molecule has 6 nitrogen and oxygen atoms in total. The van der Waals surface area contributed by atoms with Gasteiger partial charge < -0.3 is 10.6 Å². The minimum absolute atomic E-state index is 0. The second-order valence-electron chi connectivity index (χ2n) is 6.65. The Kier molecular flexibility index (Phi) is 6.85. The lowest BCUT2D eigenvalue weighted by Gasteiger charge is -2.31. The van der Waals surface area contributed by atoms with Crippen LogP contribution in [0.3, 0.4) is 0 Å². The van der Waals surface area contributed by atoms with Crippen molar-refractivity contribution in [3.05, 3.63) is 29.8 Å². The quantitative estimate of drug-likeness (QED) is 0.857. The number of rotatable bonds is 3. The van der Waals surface area contributed by atoms with Crippen molar-refractivity contribution in [1.82, 2.24) is 9.21 Å². The molecule has 1 atom stereocenters. The van der Waals surface area contributed by atoms with Crippen LogP contribution in [0.1, 0.15) is 42.5 Å². The zero-order chi connectivity index (χ0) is 17.2. The van der Waals surface area contributed by atoms with Gasteiger partial charge in [0.1, 0.15) is 0 Å². The molecule has 2 fully saturated rings. The maximum absolute atomic E-state index is 12.8. The summed E-state index contributed by atoms with van der Waals surface area (Å²) in [5, 5.41) is 0. The van der Waals surface area contributed by atoms with E-state index in [1.807, 2.05) is 0 Å². The first-order valence-electron chi connectivity index (χ1n) is 8.63. The summed E-state index contributed by atoms with van der Waals surface area (Å²) in [5.41, 5.74) is 6.36. The van der Waals surface area contributed by atoms with E-state index in [0.717, 1.165) is 32.1 Å². The van der Waals surface area contributed by atoms with Gasteiger partial charge in [0, 0.05) is 37.8 Å². The van der Waals surface area contributed by atoms with Crippen molar-refractivity contribution in [3.63, 3.8) is 0 Å². The Morgan fingerprint density at radius 3 is 2.48 bits per heavy atom. The standard InChI is InChI=1S/C17H25N3O3S.ClH/c18-15-7-5-9-19(13-15)17(21)14-6-4-8-16(12-14)24(22,23)20-10-2-1-3-11-20;/h4,6,8,12,15H,1-3,5,7,9-11,13,18H2;1H. The van der Waals surface area contributed by atoms with Crippen molar-refractivity contribution in [2.75, 3.05) is 26.2 Å². The zero-order valence-corrected chi connectivity index (χ0v) is 15.9. The van der Waals surface area contributed by atoms with Gasteiger partial charge in [0.25, 0.3) is 5.91 Å². The van der Waals surface area contributed by atoms with Gasteiger partial charge in [0.15, 0.2) is 0 Å². The van der Waals surface area contributed by atoms with Crippen LogP contribution in [0.2, 0.25) is 0 Å². The highest BCUT2D eigenvalue weighted by atomic mass is 35.5. The molecule has 2 aliphatic heterocycles. The first-order chi connectivity index (χ1) is 11.5. The van der Waals surface area contributed by atoms with Crippen LogP contribution in [0.15, 0.2) is 29.2 Å². The largest absolute Gasteiger partial charge is 0.337 e. The molecule has 1 amide bonds. The summed E-state index contributed by atoms with van der Waals surface area (Å²) >= 11 is 0. The Bertz CT molecular complexity index is 705. The van der Waals surface area contributed by atoms with Crippen LogP contribution in [0.5, 0.6) is 0 Å². The Balaban J connectivity index is 0.00000225. The maximum Gasteiger partial charge on any atom is 0.253 e. The third-order valence-corrected chi connectivity index (χ3v) is 6.67. The summed E-state index contributed by atoms with van der Waals surface area (Å²) < 4.78 is 27.1. The molecule has 0 radical (unpaired) electrons. The van der Waals surface area contributed by atoms with Crippen molar-refractivity contribution in [1.29, 1.82) is 0 Å². The van der Waals surface area contributed by atoms with E-state index in [1.165, 1.54) is 10.4 Å². The normalized spacial score (nSPS) is 22.3. The van der Waals surface area contributed by atoms with Gasteiger partial charge in [-0.05, 0) is 43.9 Å². The Hall–Kier alpha value is -1.15. The van der Waals surface area contributed by atoms with Crippen LogP contribution >= 0.6 is 12.4 Å². The van der Waals surface area contributed by atoms with Crippen molar-refractivity contribution < 1.29 is 13.2 Å². The number of hydrogen-bond acceptors (Lipinski definition) is 4. The fourth-order valence-electron chi connectivity index (χ4n) is 3.42. The van der Waals surface area contributed by atoms with Gasteiger partial charge in [0.05, 0.1) is 4.90 Å². The molecule has 8 heteroatoms. The van der Waals surface area contributed by atoms with Crippen molar-refractivity contribution in [3.8, 4) is 0 Å². The predicted molar refractivity (Wildman–Crippen MR) is 99.4 cm³/mol. The molecule has 1 aromatic carbocycles. The van der Waals surface area contributed by atoms with E-state index in [-0.39, 0.29) is 29.3 Å². The van der Waals surface area contributed by atoms with Crippen LogP contribution in [0.25, 0.3) is 0 Å². The topological polar surface area (TPSA) is 83.7 Å². The summed E-state index contributed by atoms with van der Waals surface area (Å²) in [7, 11) is -3.52. The van der Waals surface area contributed by atoms with Crippen molar-refractivity contribution in [2.45, 2.75) is 43.0 Å². The summed E-state index contributed by atoms with van der Waals surface area (Å²) in [6, 6.07) is 6.41. The van der Waals surface area contributed by atoms with Crippen molar-refractivity contribution >= 4 is 28.3 Å². The number of piperidine rings is 2. The molecule has 25 heavy (non-hydrogen) atoms.